The van der Waals surface area contributed by atoms with Crippen LogP contribution in [-0.4, -0.2) is 5.11 Å². The molecular weight excluding hydrogens is 260 g/mol. The van der Waals surface area contributed by atoms with E-state index in [2.05, 4.69) is 0 Å². The molecule has 0 bridgehead atoms. The van der Waals surface area contributed by atoms with Crippen molar-refractivity contribution in [3.8, 4) is 11.8 Å². The lowest BCUT2D eigenvalue weighted by atomic mass is 10.2. The minimum absolute atomic E-state index is 0.0489. The van der Waals surface area contributed by atoms with Gasteiger partial charge in [0, 0.05) is 6.07 Å². The molecule has 0 amide bonds. The first-order chi connectivity index (χ1) is 5.15. The van der Waals surface area contributed by atoms with Crippen molar-refractivity contribution in [2.24, 2.45) is 0 Å². The number of benzene rings is 1. The zero-order valence-electron chi connectivity index (χ0n) is 5.31. The highest BCUT2D eigenvalue weighted by molar-refractivity contribution is 14.1. The monoisotopic (exact) mass is 263 g/mol. The second-order valence-corrected chi connectivity index (χ2v) is 3.06. The maximum absolute atomic E-state index is 12.6. The Morgan fingerprint density at radius 3 is 2.73 bits per heavy atom. The van der Waals surface area contributed by atoms with Gasteiger partial charge in [0.2, 0.25) is 0 Å². The Morgan fingerprint density at radius 2 is 2.18 bits per heavy atom. The van der Waals surface area contributed by atoms with E-state index in [1.807, 2.05) is 22.6 Å². The summed E-state index contributed by atoms with van der Waals surface area (Å²) in [5, 5.41) is 17.3. The zero-order valence-corrected chi connectivity index (χ0v) is 7.46. The number of rotatable bonds is 0. The van der Waals surface area contributed by atoms with Gasteiger partial charge in [-0.25, -0.2) is 4.39 Å². The van der Waals surface area contributed by atoms with E-state index in [0.717, 1.165) is 6.07 Å². The fraction of sp³-hybridized carbons (Fsp3) is 0. The summed E-state index contributed by atoms with van der Waals surface area (Å²) in [7, 11) is 0. The summed E-state index contributed by atoms with van der Waals surface area (Å²) in [5.41, 5.74) is -0.0489. The van der Waals surface area contributed by atoms with Gasteiger partial charge >= 0.3 is 0 Å². The lowest BCUT2D eigenvalue weighted by molar-refractivity contribution is 0.465. The molecule has 1 aromatic carbocycles. The van der Waals surface area contributed by atoms with Gasteiger partial charge < -0.3 is 5.11 Å². The number of phenolic OH excluding ortho intramolecular Hbond substituents is 1. The van der Waals surface area contributed by atoms with Crippen LogP contribution in [0.5, 0.6) is 5.75 Å². The van der Waals surface area contributed by atoms with Crippen molar-refractivity contribution in [2.45, 2.75) is 0 Å². The molecule has 0 fully saturated rings. The number of aromatic hydroxyl groups is 1. The molecular formula is C7H3FINO. The third-order valence-electron chi connectivity index (χ3n) is 1.16. The molecule has 0 aliphatic heterocycles. The second-order valence-electron chi connectivity index (χ2n) is 1.90. The molecule has 1 rings (SSSR count). The Labute approximate surface area is 76.4 Å². The molecule has 0 atom stereocenters. The predicted molar refractivity (Wildman–Crippen MR) is 45.5 cm³/mol. The molecule has 0 aliphatic carbocycles. The van der Waals surface area contributed by atoms with Crippen LogP contribution in [0.25, 0.3) is 0 Å². The zero-order chi connectivity index (χ0) is 8.43. The Balaban J connectivity index is 3.35. The number of nitriles is 1. The van der Waals surface area contributed by atoms with Crippen molar-refractivity contribution in [1.29, 1.82) is 5.26 Å². The molecule has 0 heterocycles. The quantitative estimate of drug-likeness (QED) is 0.727. The van der Waals surface area contributed by atoms with Crippen LogP contribution in [0.2, 0.25) is 0 Å². The number of nitrogens with zero attached hydrogens (tertiary/aromatic N) is 1. The van der Waals surface area contributed by atoms with Gasteiger partial charge in [0.1, 0.15) is 17.6 Å². The highest BCUT2D eigenvalue weighted by atomic mass is 127. The smallest absolute Gasteiger partial charge is 0.144 e. The van der Waals surface area contributed by atoms with Crippen LogP contribution in [0.15, 0.2) is 12.1 Å². The topological polar surface area (TPSA) is 44.0 Å². The first-order valence-electron chi connectivity index (χ1n) is 2.73. The van der Waals surface area contributed by atoms with E-state index in [4.69, 9.17) is 10.4 Å². The molecule has 4 heteroatoms. The molecule has 1 aromatic rings. The van der Waals surface area contributed by atoms with Crippen molar-refractivity contribution < 1.29 is 9.50 Å². The summed E-state index contributed by atoms with van der Waals surface area (Å²) in [5.74, 6) is -0.826. The molecule has 1 N–H and O–H groups in total. The van der Waals surface area contributed by atoms with Crippen molar-refractivity contribution >= 4 is 22.6 Å². The van der Waals surface area contributed by atoms with Crippen LogP contribution in [-0.2, 0) is 0 Å². The van der Waals surface area contributed by atoms with E-state index in [0.29, 0.717) is 3.57 Å². The van der Waals surface area contributed by atoms with Gasteiger partial charge in [0.15, 0.2) is 0 Å². The third kappa shape index (κ3) is 1.60. The maximum Gasteiger partial charge on any atom is 0.144 e. The number of hydrogen-bond acceptors (Lipinski definition) is 2. The summed E-state index contributed by atoms with van der Waals surface area (Å²) in [4.78, 5) is 0. The minimum atomic E-state index is -0.689. The van der Waals surface area contributed by atoms with Gasteiger partial charge in [0.25, 0.3) is 0 Å². The normalized spacial score (nSPS) is 9.18. The first-order valence-corrected chi connectivity index (χ1v) is 3.81. The van der Waals surface area contributed by atoms with Crippen LogP contribution in [0.1, 0.15) is 5.56 Å². The Bertz CT molecular complexity index is 332. The highest BCUT2D eigenvalue weighted by Gasteiger charge is 2.05. The first kappa shape index (κ1) is 8.27. The fourth-order valence-electron chi connectivity index (χ4n) is 0.622. The Kier molecular flexibility index (Phi) is 2.29. The summed E-state index contributed by atoms with van der Waals surface area (Å²) in [6.07, 6.45) is 0. The van der Waals surface area contributed by atoms with Gasteiger partial charge in [-0.1, -0.05) is 0 Å². The van der Waals surface area contributed by atoms with Crippen LogP contribution < -0.4 is 0 Å². The second kappa shape index (κ2) is 3.05. The summed E-state index contributed by atoms with van der Waals surface area (Å²) in [6.45, 7) is 0. The Morgan fingerprint density at radius 1 is 1.55 bits per heavy atom. The fourth-order valence-corrected chi connectivity index (χ4v) is 1.09. The van der Waals surface area contributed by atoms with Crippen molar-refractivity contribution in [2.75, 3.05) is 0 Å². The summed E-state index contributed by atoms with van der Waals surface area (Å²) < 4.78 is 13.1. The third-order valence-corrected chi connectivity index (χ3v) is 2.02. The number of halogens is 2. The van der Waals surface area contributed by atoms with Crippen molar-refractivity contribution in [3.05, 3.63) is 27.1 Å². The predicted octanol–water partition coefficient (Wildman–Crippen LogP) is 2.01. The van der Waals surface area contributed by atoms with Crippen LogP contribution in [0, 0.1) is 20.7 Å². The lowest BCUT2D eigenvalue weighted by Crippen LogP contribution is -1.84. The van der Waals surface area contributed by atoms with Gasteiger partial charge in [-0.05, 0) is 28.7 Å². The van der Waals surface area contributed by atoms with E-state index in [-0.39, 0.29) is 11.3 Å². The Hall–Kier alpha value is -0.830. The van der Waals surface area contributed by atoms with Crippen LogP contribution >= 0.6 is 22.6 Å². The average Bonchev–Trinajstić information content (AvgIpc) is 1.97. The molecule has 0 unspecified atom stereocenters. The van der Waals surface area contributed by atoms with E-state index in [1.54, 1.807) is 6.07 Å². The van der Waals surface area contributed by atoms with E-state index < -0.39 is 5.82 Å². The van der Waals surface area contributed by atoms with Gasteiger partial charge in [-0.15, -0.1) is 0 Å². The number of phenols is 1. The lowest BCUT2D eigenvalue weighted by Gasteiger charge is -1.97. The summed E-state index contributed by atoms with van der Waals surface area (Å²) >= 11 is 1.82. The molecule has 0 saturated heterocycles. The molecule has 56 valence electrons. The maximum atomic E-state index is 12.6. The molecule has 0 aromatic heterocycles. The van der Waals surface area contributed by atoms with E-state index in [1.165, 1.54) is 6.07 Å². The standard InChI is InChI=1S/C7H3FINO/c8-5-2-7(11)6(9)1-4(5)3-10/h1-2,11H. The molecule has 11 heavy (non-hydrogen) atoms. The van der Waals surface area contributed by atoms with Crippen LogP contribution in [0.3, 0.4) is 0 Å². The molecule has 0 aliphatic rings. The molecule has 0 spiro atoms. The summed E-state index contributed by atoms with van der Waals surface area (Å²) in [6, 6.07) is 3.90. The average molecular weight is 263 g/mol. The minimum Gasteiger partial charge on any atom is -0.507 e. The SMILES string of the molecule is N#Cc1cc(I)c(O)cc1F. The van der Waals surface area contributed by atoms with Crippen molar-refractivity contribution in [3.63, 3.8) is 0 Å². The highest BCUT2D eigenvalue weighted by Crippen LogP contribution is 2.22. The largest absolute Gasteiger partial charge is 0.507 e. The van der Waals surface area contributed by atoms with Gasteiger partial charge in [-0.2, -0.15) is 5.26 Å². The van der Waals surface area contributed by atoms with Crippen LogP contribution in [0.4, 0.5) is 4.39 Å². The van der Waals surface area contributed by atoms with E-state index >= 15 is 0 Å². The van der Waals surface area contributed by atoms with Gasteiger partial charge in [0.05, 0.1) is 9.13 Å². The molecule has 0 saturated carbocycles. The molecule has 2 nitrogen and oxygen atoms in total. The van der Waals surface area contributed by atoms with E-state index in [9.17, 15) is 4.39 Å². The number of hydrogen-bond donors (Lipinski definition) is 1. The molecule has 0 radical (unpaired) electrons. The van der Waals surface area contributed by atoms with Gasteiger partial charge in [-0.3, -0.25) is 0 Å². The van der Waals surface area contributed by atoms with Crippen molar-refractivity contribution in [1.82, 2.24) is 0 Å².